The third kappa shape index (κ3) is 4.28. The molecule has 0 aliphatic carbocycles. The molecule has 2 N–H and O–H groups in total. The quantitative estimate of drug-likeness (QED) is 0.791. The third-order valence-electron chi connectivity index (χ3n) is 4.06. The Bertz CT molecular complexity index is 871. The fourth-order valence-corrected chi connectivity index (χ4v) is 3.80. The summed E-state index contributed by atoms with van der Waals surface area (Å²) in [6.07, 6.45) is 0.0213. The zero-order valence-corrected chi connectivity index (χ0v) is 16.0. The lowest BCUT2D eigenvalue weighted by Crippen LogP contribution is -2.32. The molecule has 142 valence electrons. The van der Waals surface area contributed by atoms with E-state index in [0.29, 0.717) is 22.9 Å². The van der Waals surface area contributed by atoms with Gasteiger partial charge in [0.15, 0.2) is 0 Å². The van der Waals surface area contributed by atoms with Crippen molar-refractivity contribution in [3.63, 3.8) is 0 Å². The summed E-state index contributed by atoms with van der Waals surface area (Å²) >= 11 is 1.34. The highest BCUT2D eigenvalue weighted by molar-refractivity contribution is 8.01. The number of carbonyl (C=O) groups excluding carboxylic acids is 2. The minimum atomic E-state index is -0.541. The summed E-state index contributed by atoms with van der Waals surface area (Å²) in [5.74, 6) is 1.31. The maximum atomic E-state index is 12.5. The number of carbonyl (C=O) groups is 2. The van der Waals surface area contributed by atoms with Gasteiger partial charge >= 0.3 is 0 Å². The van der Waals surface area contributed by atoms with Crippen molar-refractivity contribution in [2.24, 2.45) is 0 Å². The number of nitrogens with one attached hydrogen (secondary N) is 2. The van der Waals surface area contributed by atoms with Crippen molar-refractivity contribution in [2.75, 3.05) is 32.0 Å². The van der Waals surface area contributed by atoms with Crippen LogP contribution >= 0.6 is 11.8 Å². The predicted octanol–water partition coefficient (Wildman–Crippen LogP) is 3.15. The van der Waals surface area contributed by atoms with Crippen LogP contribution in [0.4, 0.5) is 11.4 Å². The van der Waals surface area contributed by atoms with Gasteiger partial charge in [0.05, 0.1) is 38.0 Å². The van der Waals surface area contributed by atoms with Crippen molar-refractivity contribution in [2.45, 2.75) is 16.6 Å². The Hall–Kier alpha value is -2.87. The van der Waals surface area contributed by atoms with Gasteiger partial charge in [0.25, 0.3) is 0 Å². The normalized spacial score (nSPS) is 15.4. The zero-order valence-electron chi connectivity index (χ0n) is 15.2. The molecular formula is C19H20N2O5S. The number of thioether (sulfide) groups is 1. The number of rotatable bonds is 6. The van der Waals surface area contributed by atoms with E-state index < -0.39 is 5.25 Å². The van der Waals surface area contributed by atoms with E-state index in [1.165, 1.54) is 18.9 Å². The molecule has 0 bridgehead atoms. The lowest BCUT2D eigenvalue weighted by Gasteiger charge is -2.24. The van der Waals surface area contributed by atoms with Crippen molar-refractivity contribution in [3.05, 3.63) is 36.4 Å². The first-order valence-electron chi connectivity index (χ1n) is 8.21. The first-order valence-corrected chi connectivity index (χ1v) is 9.09. The van der Waals surface area contributed by atoms with Crippen LogP contribution in [0.3, 0.4) is 0 Å². The monoisotopic (exact) mass is 388 g/mol. The van der Waals surface area contributed by atoms with Gasteiger partial charge in [-0.2, -0.15) is 0 Å². The molecule has 0 aromatic heterocycles. The summed E-state index contributed by atoms with van der Waals surface area (Å²) in [7, 11) is 4.65. The SMILES string of the molecule is COc1ccc(OC)c(NC(=O)C[C@@H]2Sc3cc(OC)ccc3NC2=O)c1. The van der Waals surface area contributed by atoms with Gasteiger partial charge in [-0.15, -0.1) is 11.8 Å². The van der Waals surface area contributed by atoms with E-state index in [0.717, 1.165) is 10.6 Å². The molecule has 0 radical (unpaired) electrons. The highest BCUT2D eigenvalue weighted by atomic mass is 32.2. The van der Waals surface area contributed by atoms with Gasteiger partial charge in [-0.1, -0.05) is 0 Å². The first kappa shape index (κ1) is 18.9. The van der Waals surface area contributed by atoms with Gasteiger partial charge in [0.1, 0.15) is 17.2 Å². The number of ether oxygens (including phenoxy) is 3. The maximum Gasteiger partial charge on any atom is 0.238 e. The third-order valence-corrected chi connectivity index (χ3v) is 5.32. The Labute approximate surface area is 161 Å². The molecule has 1 heterocycles. The predicted molar refractivity (Wildman–Crippen MR) is 104 cm³/mol. The molecule has 2 amide bonds. The van der Waals surface area contributed by atoms with Crippen molar-refractivity contribution < 1.29 is 23.8 Å². The van der Waals surface area contributed by atoms with Gasteiger partial charge in [0.2, 0.25) is 11.8 Å². The summed E-state index contributed by atoms with van der Waals surface area (Å²) in [5, 5.41) is 5.08. The summed E-state index contributed by atoms with van der Waals surface area (Å²) in [6, 6.07) is 10.5. The molecule has 2 aromatic carbocycles. The molecule has 27 heavy (non-hydrogen) atoms. The largest absolute Gasteiger partial charge is 0.497 e. The van der Waals surface area contributed by atoms with E-state index >= 15 is 0 Å². The number of fused-ring (bicyclic) bond motifs is 1. The second kappa shape index (κ2) is 8.22. The maximum absolute atomic E-state index is 12.5. The molecule has 1 aliphatic rings. The first-order chi connectivity index (χ1) is 13.0. The summed E-state index contributed by atoms with van der Waals surface area (Å²) in [6.45, 7) is 0. The molecule has 0 fully saturated rings. The summed E-state index contributed by atoms with van der Waals surface area (Å²) < 4.78 is 15.7. The van der Waals surface area contributed by atoms with Crippen LogP contribution in [0.1, 0.15) is 6.42 Å². The van der Waals surface area contributed by atoms with Crippen LogP contribution in [0.5, 0.6) is 17.2 Å². The summed E-state index contributed by atoms with van der Waals surface area (Å²) in [5.41, 5.74) is 1.21. The van der Waals surface area contributed by atoms with Gasteiger partial charge in [0, 0.05) is 17.4 Å². The Morgan fingerprint density at radius 2 is 1.78 bits per heavy atom. The highest BCUT2D eigenvalue weighted by Gasteiger charge is 2.29. The van der Waals surface area contributed by atoms with Crippen LogP contribution in [0.2, 0.25) is 0 Å². The van der Waals surface area contributed by atoms with Crippen LogP contribution in [-0.2, 0) is 9.59 Å². The smallest absolute Gasteiger partial charge is 0.238 e. The molecule has 0 unspecified atom stereocenters. The average Bonchev–Trinajstić information content (AvgIpc) is 2.68. The molecule has 0 saturated heterocycles. The van der Waals surface area contributed by atoms with Crippen LogP contribution in [-0.4, -0.2) is 38.4 Å². The van der Waals surface area contributed by atoms with Crippen molar-refractivity contribution in [1.29, 1.82) is 0 Å². The Morgan fingerprint density at radius 1 is 1.07 bits per heavy atom. The van der Waals surface area contributed by atoms with Gasteiger partial charge < -0.3 is 24.8 Å². The fraction of sp³-hybridized carbons (Fsp3) is 0.263. The molecule has 1 aliphatic heterocycles. The van der Waals surface area contributed by atoms with Crippen LogP contribution in [0.15, 0.2) is 41.3 Å². The van der Waals surface area contributed by atoms with Gasteiger partial charge in [-0.25, -0.2) is 0 Å². The number of methoxy groups -OCH3 is 3. The van der Waals surface area contributed by atoms with Crippen molar-refractivity contribution in [3.8, 4) is 17.2 Å². The van der Waals surface area contributed by atoms with E-state index in [1.807, 2.05) is 6.07 Å². The zero-order chi connectivity index (χ0) is 19.4. The minimum Gasteiger partial charge on any atom is -0.497 e. The summed E-state index contributed by atoms with van der Waals surface area (Å²) in [4.78, 5) is 25.7. The van der Waals surface area contributed by atoms with E-state index in [9.17, 15) is 9.59 Å². The Balaban J connectivity index is 1.71. The van der Waals surface area contributed by atoms with Crippen LogP contribution < -0.4 is 24.8 Å². The minimum absolute atomic E-state index is 0.0213. The Morgan fingerprint density at radius 3 is 2.48 bits per heavy atom. The van der Waals surface area contributed by atoms with E-state index in [2.05, 4.69) is 10.6 Å². The van der Waals surface area contributed by atoms with Crippen molar-refractivity contribution >= 4 is 35.0 Å². The topological polar surface area (TPSA) is 85.9 Å². The Kier molecular flexibility index (Phi) is 5.75. The number of amides is 2. The van der Waals surface area contributed by atoms with E-state index in [-0.39, 0.29) is 18.2 Å². The van der Waals surface area contributed by atoms with E-state index in [4.69, 9.17) is 14.2 Å². The van der Waals surface area contributed by atoms with Crippen molar-refractivity contribution in [1.82, 2.24) is 0 Å². The lowest BCUT2D eigenvalue weighted by molar-refractivity contribution is -0.120. The number of anilines is 2. The molecule has 0 saturated carbocycles. The van der Waals surface area contributed by atoms with Crippen LogP contribution in [0, 0.1) is 0 Å². The second-order valence-electron chi connectivity index (χ2n) is 5.78. The fourth-order valence-electron chi connectivity index (χ4n) is 2.67. The average molecular weight is 388 g/mol. The number of benzene rings is 2. The highest BCUT2D eigenvalue weighted by Crippen LogP contribution is 2.39. The van der Waals surface area contributed by atoms with Crippen LogP contribution in [0.25, 0.3) is 0 Å². The molecule has 7 nitrogen and oxygen atoms in total. The standard InChI is InChI=1S/C19H20N2O5S/c1-24-11-5-7-15(26-3)14(8-11)20-18(22)10-17-19(23)21-13-6-4-12(25-2)9-16(13)27-17/h4-9,17H,10H2,1-3H3,(H,20,22)(H,21,23)/t17-/m0/s1. The van der Waals surface area contributed by atoms with Gasteiger partial charge in [-0.05, 0) is 30.3 Å². The van der Waals surface area contributed by atoms with Gasteiger partial charge in [-0.3, -0.25) is 9.59 Å². The number of hydrogen-bond acceptors (Lipinski definition) is 6. The molecule has 8 heteroatoms. The molecule has 3 rings (SSSR count). The second-order valence-corrected chi connectivity index (χ2v) is 7.02. The lowest BCUT2D eigenvalue weighted by atomic mass is 10.2. The molecule has 0 spiro atoms. The molecule has 2 aromatic rings. The molecular weight excluding hydrogens is 368 g/mol. The number of hydrogen-bond donors (Lipinski definition) is 2. The van der Waals surface area contributed by atoms with E-state index in [1.54, 1.807) is 44.6 Å². The molecule has 1 atom stereocenters.